The van der Waals surface area contributed by atoms with E-state index in [-0.39, 0.29) is 21.3 Å². The van der Waals surface area contributed by atoms with Crippen LogP contribution in [0.2, 0.25) is 5.02 Å². The maximum absolute atomic E-state index is 12.3. The molecule has 0 aliphatic carbocycles. The number of sulfonamides is 1. The molecule has 0 radical (unpaired) electrons. The van der Waals surface area contributed by atoms with E-state index in [2.05, 4.69) is 20.7 Å². The Bertz CT molecular complexity index is 811. The Kier molecular flexibility index (Phi) is 4.50. The molecule has 0 fully saturated rings. The summed E-state index contributed by atoms with van der Waals surface area (Å²) in [6, 6.07) is 9.73. The molecule has 0 aliphatic heterocycles. The molecule has 0 unspecified atom stereocenters. The van der Waals surface area contributed by atoms with Crippen LogP contribution in [0.4, 0.5) is 11.4 Å². The summed E-state index contributed by atoms with van der Waals surface area (Å²) in [5.41, 5.74) is -0.314. The van der Waals surface area contributed by atoms with E-state index in [4.69, 9.17) is 11.6 Å². The largest absolute Gasteiger partial charge is 0.278 e. The van der Waals surface area contributed by atoms with E-state index in [1.54, 1.807) is 18.2 Å². The lowest BCUT2D eigenvalue weighted by molar-refractivity contribution is -0.384. The number of hydrogen-bond acceptors (Lipinski definition) is 4. The number of nitrogens with zero attached hydrogens (tertiary/aromatic N) is 1. The van der Waals surface area contributed by atoms with Crippen LogP contribution in [0.15, 0.2) is 51.8 Å². The van der Waals surface area contributed by atoms with Gasteiger partial charge >= 0.3 is 0 Å². The highest BCUT2D eigenvalue weighted by Gasteiger charge is 2.20. The van der Waals surface area contributed by atoms with E-state index in [9.17, 15) is 18.5 Å². The van der Waals surface area contributed by atoms with Crippen molar-refractivity contribution in [3.8, 4) is 0 Å². The van der Waals surface area contributed by atoms with E-state index in [0.29, 0.717) is 4.47 Å². The van der Waals surface area contributed by atoms with Crippen molar-refractivity contribution in [3.63, 3.8) is 0 Å². The summed E-state index contributed by atoms with van der Waals surface area (Å²) in [5, 5.41) is 10.8. The molecule has 2 aromatic rings. The van der Waals surface area contributed by atoms with Gasteiger partial charge in [0.25, 0.3) is 15.7 Å². The number of halogens is 2. The average molecular weight is 392 g/mol. The average Bonchev–Trinajstić information content (AvgIpc) is 2.41. The first-order chi connectivity index (χ1) is 9.81. The van der Waals surface area contributed by atoms with Gasteiger partial charge in [0, 0.05) is 16.6 Å². The Morgan fingerprint density at radius 3 is 2.48 bits per heavy atom. The van der Waals surface area contributed by atoms with Crippen molar-refractivity contribution in [3.05, 3.63) is 62.1 Å². The highest BCUT2D eigenvalue weighted by Crippen LogP contribution is 2.30. The minimum atomic E-state index is -3.91. The molecule has 0 atom stereocenters. The van der Waals surface area contributed by atoms with Crippen LogP contribution in [0.3, 0.4) is 0 Å². The van der Waals surface area contributed by atoms with Crippen LogP contribution in [0.1, 0.15) is 0 Å². The topological polar surface area (TPSA) is 89.3 Å². The molecule has 9 heteroatoms. The number of nitro benzene ring substituents is 1. The Labute approximate surface area is 134 Å². The molecule has 21 heavy (non-hydrogen) atoms. The number of anilines is 1. The summed E-state index contributed by atoms with van der Waals surface area (Å²) in [6.07, 6.45) is 0. The number of hydrogen-bond donors (Lipinski definition) is 1. The molecule has 0 aliphatic rings. The summed E-state index contributed by atoms with van der Waals surface area (Å²) < 4.78 is 27.2. The SMILES string of the molecule is O=[N+]([O-])c1ccc(Cl)c(NS(=O)(=O)c2ccccc2Br)c1. The van der Waals surface area contributed by atoms with Crippen molar-refractivity contribution in [2.45, 2.75) is 4.90 Å². The van der Waals surface area contributed by atoms with Crippen molar-refractivity contribution in [1.29, 1.82) is 0 Å². The first-order valence-corrected chi connectivity index (χ1v) is 8.18. The lowest BCUT2D eigenvalue weighted by Gasteiger charge is -2.10. The van der Waals surface area contributed by atoms with Gasteiger partial charge in [-0.15, -0.1) is 0 Å². The van der Waals surface area contributed by atoms with E-state index in [1.807, 2.05) is 0 Å². The van der Waals surface area contributed by atoms with Gasteiger partial charge in [0.1, 0.15) is 4.90 Å². The maximum atomic E-state index is 12.3. The van der Waals surface area contributed by atoms with Gasteiger partial charge in [-0.05, 0) is 34.1 Å². The molecule has 0 saturated heterocycles. The lowest BCUT2D eigenvalue weighted by atomic mass is 10.3. The van der Waals surface area contributed by atoms with Gasteiger partial charge in [-0.1, -0.05) is 23.7 Å². The molecular formula is C12H8BrClN2O4S. The van der Waals surface area contributed by atoms with Crippen molar-refractivity contribution >= 4 is 48.9 Å². The van der Waals surface area contributed by atoms with Crippen molar-refractivity contribution in [2.24, 2.45) is 0 Å². The summed E-state index contributed by atoms with van der Waals surface area (Å²) >= 11 is 9.01. The fourth-order valence-electron chi connectivity index (χ4n) is 1.57. The van der Waals surface area contributed by atoms with Gasteiger partial charge in [0.15, 0.2) is 0 Å². The molecule has 0 heterocycles. The Balaban J connectivity index is 2.44. The van der Waals surface area contributed by atoms with Crippen LogP contribution in [0.5, 0.6) is 0 Å². The predicted molar refractivity (Wildman–Crippen MR) is 83.1 cm³/mol. The molecule has 110 valence electrons. The monoisotopic (exact) mass is 390 g/mol. The fraction of sp³-hybridized carbons (Fsp3) is 0. The normalized spacial score (nSPS) is 11.1. The Morgan fingerprint density at radius 2 is 1.86 bits per heavy atom. The van der Waals surface area contributed by atoms with Crippen LogP contribution in [0.25, 0.3) is 0 Å². The minimum Gasteiger partial charge on any atom is -0.278 e. The zero-order valence-electron chi connectivity index (χ0n) is 10.3. The molecular weight excluding hydrogens is 384 g/mol. The summed E-state index contributed by atoms with van der Waals surface area (Å²) in [5.74, 6) is 0. The third kappa shape index (κ3) is 3.52. The summed E-state index contributed by atoms with van der Waals surface area (Å²) in [4.78, 5) is 10.1. The standard InChI is InChI=1S/C12H8BrClN2O4S/c13-9-3-1-2-4-12(9)21(19,20)15-11-7-8(16(17)18)5-6-10(11)14/h1-7,15H. The van der Waals surface area contributed by atoms with Crippen LogP contribution in [-0.4, -0.2) is 13.3 Å². The van der Waals surface area contributed by atoms with E-state index in [0.717, 1.165) is 6.07 Å². The van der Waals surface area contributed by atoms with Crippen LogP contribution < -0.4 is 4.72 Å². The summed E-state index contributed by atoms with van der Waals surface area (Å²) in [7, 11) is -3.91. The van der Waals surface area contributed by atoms with Gasteiger partial charge in [0.2, 0.25) is 0 Å². The molecule has 6 nitrogen and oxygen atoms in total. The number of benzene rings is 2. The molecule has 2 aromatic carbocycles. The van der Waals surface area contributed by atoms with Crippen molar-refractivity contribution in [1.82, 2.24) is 0 Å². The van der Waals surface area contributed by atoms with E-state index >= 15 is 0 Å². The van der Waals surface area contributed by atoms with E-state index < -0.39 is 14.9 Å². The predicted octanol–water partition coefficient (Wildman–Crippen LogP) is 3.81. The quantitative estimate of drug-likeness (QED) is 0.634. The van der Waals surface area contributed by atoms with Gasteiger partial charge in [-0.2, -0.15) is 0 Å². The van der Waals surface area contributed by atoms with Crippen LogP contribution >= 0.6 is 27.5 Å². The van der Waals surface area contributed by atoms with Crippen LogP contribution in [-0.2, 0) is 10.0 Å². The minimum absolute atomic E-state index is 0.00701. The molecule has 1 N–H and O–H groups in total. The number of nitro groups is 1. The zero-order valence-corrected chi connectivity index (χ0v) is 13.4. The van der Waals surface area contributed by atoms with Gasteiger partial charge in [0.05, 0.1) is 15.6 Å². The molecule has 2 rings (SSSR count). The Morgan fingerprint density at radius 1 is 1.19 bits per heavy atom. The summed E-state index contributed by atoms with van der Waals surface area (Å²) in [6.45, 7) is 0. The number of rotatable bonds is 4. The highest BCUT2D eigenvalue weighted by atomic mass is 79.9. The number of nitrogens with one attached hydrogen (secondary N) is 1. The lowest BCUT2D eigenvalue weighted by Crippen LogP contribution is -2.14. The Hall–Kier alpha value is -1.64. The van der Waals surface area contributed by atoms with Gasteiger partial charge < -0.3 is 0 Å². The zero-order chi connectivity index (χ0) is 15.6. The first-order valence-electron chi connectivity index (χ1n) is 5.52. The molecule has 0 aromatic heterocycles. The third-order valence-corrected chi connectivity index (χ3v) is 5.24. The van der Waals surface area contributed by atoms with Crippen molar-refractivity contribution < 1.29 is 13.3 Å². The molecule has 0 saturated carbocycles. The third-order valence-electron chi connectivity index (χ3n) is 2.53. The fourth-order valence-corrected chi connectivity index (χ4v) is 3.86. The molecule has 0 amide bonds. The smallest absolute Gasteiger partial charge is 0.271 e. The van der Waals surface area contributed by atoms with Crippen molar-refractivity contribution in [2.75, 3.05) is 4.72 Å². The second-order valence-electron chi connectivity index (χ2n) is 3.96. The highest BCUT2D eigenvalue weighted by molar-refractivity contribution is 9.10. The molecule has 0 bridgehead atoms. The number of non-ortho nitro benzene ring substituents is 1. The second kappa shape index (κ2) is 6.00. The van der Waals surface area contributed by atoms with Crippen LogP contribution in [0, 0.1) is 10.1 Å². The second-order valence-corrected chi connectivity index (χ2v) is 6.87. The maximum Gasteiger partial charge on any atom is 0.271 e. The van der Waals surface area contributed by atoms with E-state index in [1.165, 1.54) is 18.2 Å². The molecule has 0 spiro atoms. The van der Waals surface area contributed by atoms with Gasteiger partial charge in [-0.3, -0.25) is 14.8 Å². The van der Waals surface area contributed by atoms with Gasteiger partial charge in [-0.25, -0.2) is 8.42 Å². The first kappa shape index (κ1) is 15.7.